The second-order valence-electron chi connectivity index (χ2n) is 6.58. The lowest BCUT2D eigenvalue weighted by molar-refractivity contribution is -0.384. The van der Waals surface area contributed by atoms with Crippen LogP contribution < -0.4 is 4.74 Å². The van der Waals surface area contributed by atoms with Gasteiger partial charge in [0.15, 0.2) is 12.4 Å². The standard InChI is InChI=1S/C23H17NO7/c1-15-2-4-17(5-3-15)22(26)30-14-21(25)16-8-12-20(13-9-16)31-23(27)18-6-10-19(11-7-18)24(28)29/h2-13H,14H2,1H3. The number of carbonyl (C=O) groups is 3. The monoisotopic (exact) mass is 419 g/mol. The zero-order valence-electron chi connectivity index (χ0n) is 16.4. The molecule has 0 fully saturated rings. The fraction of sp³-hybridized carbons (Fsp3) is 0.0870. The predicted octanol–water partition coefficient (Wildman–Crippen LogP) is 4.16. The summed E-state index contributed by atoms with van der Waals surface area (Å²) in [7, 11) is 0. The Morgan fingerprint density at radius 3 is 1.87 bits per heavy atom. The molecule has 3 aromatic carbocycles. The Morgan fingerprint density at radius 2 is 1.29 bits per heavy atom. The van der Waals surface area contributed by atoms with Gasteiger partial charge in [-0.2, -0.15) is 0 Å². The number of ketones is 1. The van der Waals surface area contributed by atoms with Crippen molar-refractivity contribution >= 4 is 23.4 Å². The molecule has 156 valence electrons. The minimum absolute atomic E-state index is 0.137. The number of non-ortho nitro benzene ring substituents is 1. The van der Waals surface area contributed by atoms with Crippen LogP contribution in [0.1, 0.15) is 36.6 Å². The summed E-state index contributed by atoms with van der Waals surface area (Å²) in [6.07, 6.45) is 0. The molecule has 0 aliphatic carbocycles. The molecule has 0 saturated carbocycles. The third-order valence-electron chi connectivity index (χ3n) is 4.32. The summed E-state index contributed by atoms with van der Waals surface area (Å²) >= 11 is 0. The number of nitro benzene ring substituents is 1. The van der Waals surface area contributed by atoms with E-state index in [1.807, 2.05) is 6.92 Å². The Bertz CT molecular complexity index is 1120. The van der Waals surface area contributed by atoms with Gasteiger partial charge in [-0.05, 0) is 55.5 Å². The molecule has 3 aromatic rings. The largest absolute Gasteiger partial charge is 0.454 e. The van der Waals surface area contributed by atoms with E-state index in [0.29, 0.717) is 5.56 Å². The van der Waals surface area contributed by atoms with Crippen LogP contribution >= 0.6 is 0 Å². The van der Waals surface area contributed by atoms with Gasteiger partial charge in [-0.3, -0.25) is 14.9 Å². The Labute approximate surface area is 177 Å². The Hall–Kier alpha value is -4.33. The van der Waals surface area contributed by atoms with Crippen LogP contribution in [0.25, 0.3) is 0 Å². The van der Waals surface area contributed by atoms with Crippen molar-refractivity contribution in [1.82, 2.24) is 0 Å². The normalized spacial score (nSPS) is 10.2. The summed E-state index contributed by atoms with van der Waals surface area (Å²) in [5.41, 5.74) is 1.65. The van der Waals surface area contributed by atoms with Crippen molar-refractivity contribution in [2.45, 2.75) is 6.92 Å². The molecule has 0 unspecified atom stereocenters. The summed E-state index contributed by atoms with van der Waals surface area (Å²) in [4.78, 5) is 46.5. The van der Waals surface area contributed by atoms with Crippen molar-refractivity contribution in [1.29, 1.82) is 0 Å². The number of rotatable bonds is 7. The van der Waals surface area contributed by atoms with E-state index in [9.17, 15) is 24.5 Å². The molecule has 0 N–H and O–H groups in total. The average Bonchev–Trinajstić information content (AvgIpc) is 2.78. The van der Waals surface area contributed by atoms with Gasteiger partial charge in [0.25, 0.3) is 5.69 Å². The summed E-state index contributed by atoms with van der Waals surface area (Å²) in [5.74, 6) is -1.51. The Balaban J connectivity index is 1.55. The van der Waals surface area contributed by atoms with Crippen molar-refractivity contribution in [2.75, 3.05) is 6.61 Å². The van der Waals surface area contributed by atoms with Crippen molar-refractivity contribution in [3.05, 3.63) is 105 Å². The highest BCUT2D eigenvalue weighted by molar-refractivity contribution is 5.99. The number of aryl methyl sites for hydroxylation is 1. The van der Waals surface area contributed by atoms with Crippen LogP contribution in [0, 0.1) is 17.0 Å². The first-order chi connectivity index (χ1) is 14.8. The van der Waals surface area contributed by atoms with Crippen molar-refractivity contribution in [3.63, 3.8) is 0 Å². The van der Waals surface area contributed by atoms with Gasteiger partial charge < -0.3 is 9.47 Å². The number of nitro groups is 1. The van der Waals surface area contributed by atoms with Gasteiger partial charge in [0.05, 0.1) is 16.1 Å². The van der Waals surface area contributed by atoms with Crippen LogP contribution in [0.3, 0.4) is 0 Å². The molecule has 8 heteroatoms. The number of hydrogen-bond acceptors (Lipinski definition) is 7. The molecule has 0 bridgehead atoms. The van der Waals surface area contributed by atoms with Crippen molar-refractivity contribution in [2.24, 2.45) is 0 Å². The van der Waals surface area contributed by atoms with E-state index >= 15 is 0 Å². The van der Waals surface area contributed by atoms with E-state index in [1.165, 1.54) is 48.5 Å². The topological polar surface area (TPSA) is 113 Å². The van der Waals surface area contributed by atoms with E-state index < -0.39 is 29.3 Å². The van der Waals surface area contributed by atoms with Gasteiger partial charge in [-0.15, -0.1) is 0 Å². The summed E-state index contributed by atoms with van der Waals surface area (Å²) in [5, 5.41) is 10.7. The summed E-state index contributed by atoms with van der Waals surface area (Å²) in [6, 6.07) is 17.5. The van der Waals surface area contributed by atoms with E-state index in [-0.39, 0.29) is 22.6 Å². The third-order valence-corrected chi connectivity index (χ3v) is 4.32. The fourth-order valence-corrected chi connectivity index (χ4v) is 2.58. The minimum Gasteiger partial charge on any atom is -0.454 e. The fourth-order valence-electron chi connectivity index (χ4n) is 2.58. The highest BCUT2D eigenvalue weighted by atomic mass is 16.6. The van der Waals surface area contributed by atoms with Crippen LogP contribution in [-0.4, -0.2) is 29.3 Å². The first-order valence-corrected chi connectivity index (χ1v) is 9.17. The van der Waals surface area contributed by atoms with E-state index in [4.69, 9.17) is 9.47 Å². The third kappa shape index (κ3) is 5.60. The Kier molecular flexibility index (Phi) is 6.51. The lowest BCUT2D eigenvalue weighted by atomic mass is 10.1. The van der Waals surface area contributed by atoms with Crippen LogP contribution in [0.4, 0.5) is 5.69 Å². The minimum atomic E-state index is -0.694. The van der Waals surface area contributed by atoms with Crippen molar-refractivity contribution < 1.29 is 28.8 Å². The number of hydrogen-bond donors (Lipinski definition) is 0. The molecule has 0 saturated heterocycles. The van der Waals surface area contributed by atoms with Gasteiger partial charge >= 0.3 is 11.9 Å². The zero-order chi connectivity index (χ0) is 22.4. The molecule has 3 rings (SSSR count). The number of nitrogens with zero attached hydrogens (tertiary/aromatic N) is 1. The molecule has 0 aliphatic heterocycles. The molecular formula is C23H17NO7. The molecule has 0 heterocycles. The summed E-state index contributed by atoms with van der Waals surface area (Å²) in [6.45, 7) is 1.47. The van der Waals surface area contributed by atoms with Crippen LogP contribution in [-0.2, 0) is 4.74 Å². The SMILES string of the molecule is Cc1ccc(C(=O)OCC(=O)c2ccc(OC(=O)c3ccc([N+](=O)[O-])cc3)cc2)cc1. The Morgan fingerprint density at radius 1 is 0.774 bits per heavy atom. The lowest BCUT2D eigenvalue weighted by Crippen LogP contribution is -2.14. The average molecular weight is 419 g/mol. The van der Waals surface area contributed by atoms with Crippen molar-refractivity contribution in [3.8, 4) is 5.75 Å². The molecule has 0 radical (unpaired) electrons. The van der Waals surface area contributed by atoms with Gasteiger partial charge in [0.1, 0.15) is 5.75 Å². The number of carbonyl (C=O) groups excluding carboxylic acids is 3. The van der Waals surface area contributed by atoms with Crippen LogP contribution in [0.15, 0.2) is 72.8 Å². The van der Waals surface area contributed by atoms with E-state index in [2.05, 4.69) is 0 Å². The number of Topliss-reactive ketones (excluding diaryl/α,β-unsaturated/α-hetero) is 1. The van der Waals surface area contributed by atoms with E-state index in [0.717, 1.165) is 5.56 Å². The molecule has 0 aromatic heterocycles. The predicted molar refractivity (Wildman–Crippen MR) is 110 cm³/mol. The number of benzene rings is 3. The maximum atomic E-state index is 12.2. The first kappa shape index (κ1) is 21.4. The van der Waals surface area contributed by atoms with Crippen LogP contribution in [0.2, 0.25) is 0 Å². The number of esters is 2. The highest BCUT2D eigenvalue weighted by Gasteiger charge is 2.14. The molecule has 31 heavy (non-hydrogen) atoms. The second kappa shape index (κ2) is 9.45. The first-order valence-electron chi connectivity index (χ1n) is 9.17. The maximum Gasteiger partial charge on any atom is 0.343 e. The van der Waals surface area contributed by atoms with Gasteiger partial charge in [-0.25, -0.2) is 9.59 Å². The highest BCUT2D eigenvalue weighted by Crippen LogP contribution is 2.17. The maximum absolute atomic E-state index is 12.2. The van der Waals surface area contributed by atoms with Gasteiger partial charge in [0, 0.05) is 17.7 Å². The summed E-state index contributed by atoms with van der Waals surface area (Å²) < 4.78 is 10.2. The zero-order valence-corrected chi connectivity index (χ0v) is 16.4. The van der Waals surface area contributed by atoms with E-state index in [1.54, 1.807) is 24.3 Å². The van der Waals surface area contributed by atoms with Gasteiger partial charge in [0.2, 0.25) is 0 Å². The molecule has 0 atom stereocenters. The number of ether oxygens (including phenoxy) is 2. The molecular weight excluding hydrogens is 402 g/mol. The molecule has 0 spiro atoms. The quantitative estimate of drug-likeness (QED) is 0.186. The molecule has 0 aliphatic rings. The smallest absolute Gasteiger partial charge is 0.343 e. The molecule has 8 nitrogen and oxygen atoms in total. The molecule has 0 amide bonds. The van der Waals surface area contributed by atoms with Crippen LogP contribution in [0.5, 0.6) is 5.75 Å². The lowest BCUT2D eigenvalue weighted by Gasteiger charge is -2.07. The second-order valence-corrected chi connectivity index (χ2v) is 6.58. The van der Waals surface area contributed by atoms with Gasteiger partial charge in [-0.1, -0.05) is 17.7 Å².